The van der Waals surface area contributed by atoms with Gasteiger partial charge >= 0.3 is 7.60 Å². The van der Waals surface area contributed by atoms with Gasteiger partial charge in [-0.25, -0.2) is 0 Å². The minimum atomic E-state index is -3.30. The quantitative estimate of drug-likeness (QED) is 0.515. The Morgan fingerprint density at radius 2 is 1.72 bits per heavy atom. The highest BCUT2D eigenvalue weighted by Gasteiger charge is 2.38. The third-order valence-electron chi connectivity index (χ3n) is 2.47. The van der Waals surface area contributed by atoms with Gasteiger partial charge in [0, 0.05) is 0 Å². The molecule has 0 aromatic carbocycles. The van der Waals surface area contributed by atoms with Gasteiger partial charge in [0.1, 0.15) is 5.66 Å². The molecular formula is C13H27O4P. The molecule has 4 nitrogen and oxygen atoms in total. The van der Waals surface area contributed by atoms with E-state index in [4.69, 9.17) is 9.05 Å². The molecule has 0 heterocycles. The molecule has 0 rings (SSSR count). The van der Waals surface area contributed by atoms with E-state index >= 15 is 0 Å². The first-order valence-electron chi connectivity index (χ1n) is 6.63. The summed E-state index contributed by atoms with van der Waals surface area (Å²) in [5.74, 6) is 0. The fourth-order valence-corrected chi connectivity index (χ4v) is 3.98. The Kier molecular flexibility index (Phi) is 8.79. The molecule has 2 atom stereocenters. The van der Waals surface area contributed by atoms with Crippen LogP contribution in [-0.4, -0.2) is 30.1 Å². The zero-order valence-electron chi connectivity index (χ0n) is 12.2. The summed E-state index contributed by atoms with van der Waals surface area (Å²) in [5.41, 5.74) is 0.414. The predicted octanol–water partition coefficient (Wildman–Crippen LogP) is 3.75. The molecule has 0 aliphatic heterocycles. The van der Waals surface area contributed by atoms with Crippen LogP contribution < -0.4 is 0 Å². The molecule has 18 heavy (non-hydrogen) atoms. The molecule has 0 saturated heterocycles. The smallest absolute Gasteiger partial charge is 0.340 e. The monoisotopic (exact) mass is 278 g/mol. The SMILES string of the molecule is CCC[C@H](O)[C@H](C=C(C)C)P(=O)(OCC)OCC. The van der Waals surface area contributed by atoms with E-state index in [2.05, 4.69) is 0 Å². The molecule has 0 fully saturated rings. The third-order valence-corrected chi connectivity index (χ3v) is 4.93. The largest absolute Gasteiger partial charge is 0.392 e. The van der Waals surface area contributed by atoms with Crippen molar-refractivity contribution in [1.82, 2.24) is 0 Å². The van der Waals surface area contributed by atoms with Crippen LogP contribution in [0.2, 0.25) is 0 Å². The maximum atomic E-state index is 12.7. The Labute approximate surface area is 111 Å². The van der Waals surface area contributed by atoms with Crippen molar-refractivity contribution in [3.05, 3.63) is 11.6 Å². The second kappa shape index (κ2) is 8.87. The van der Waals surface area contributed by atoms with Gasteiger partial charge < -0.3 is 14.2 Å². The Hall–Kier alpha value is -0.150. The summed E-state index contributed by atoms with van der Waals surface area (Å²) in [6, 6.07) is 0. The van der Waals surface area contributed by atoms with E-state index in [-0.39, 0.29) is 0 Å². The summed E-state index contributed by atoms with van der Waals surface area (Å²) in [4.78, 5) is 0. The minimum absolute atomic E-state index is 0.309. The predicted molar refractivity (Wildman–Crippen MR) is 75.0 cm³/mol. The van der Waals surface area contributed by atoms with Crippen LogP contribution in [0.15, 0.2) is 11.6 Å². The van der Waals surface area contributed by atoms with Gasteiger partial charge in [0.05, 0.1) is 19.3 Å². The van der Waals surface area contributed by atoms with Crippen LogP contribution in [0.5, 0.6) is 0 Å². The third kappa shape index (κ3) is 5.66. The summed E-state index contributed by atoms with van der Waals surface area (Å²) in [5, 5.41) is 10.2. The Balaban J connectivity index is 5.22. The number of hydrogen-bond donors (Lipinski definition) is 1. The van der Waals surface area contributed by atoms with E-state index in [9.17, 15) is 9.67 Å². The van der Waals surface area contributed by atoms with Crippen LogP contribution in [0.3, 0.4) is 0 Å². The zero-order valence-corrected chi connectivity index (χ0v) is 13.1. The van der Waals surface area contributed by atoms with Gasteiger partial charge in [-0.3, -0.25) is 4.57 Å². The lowest BCUT2D eigenvalue weighted by atomic mass is 10.1. The van der Waals surface area contributed by atoms with Crippen LogP contribution in [0.1, 0.15) is 47.5 Å². The molecule has 0 amide bonds. The van der Waals surface area contributed by atoms with Crippen molar-refractivity contribution in [3.8, 4) is 0 Å². The highest BCUT2D eigenvalue weighted by molar-refractivity contribution is 7.55. The number of rotatable bonds is 9. The molecule has 1 N–H and O–H groups in total. The molecule has 0 radical (unpaired) electrons. The van der Waals surface area contributed by atoms with Gasteiger partial charge in [0.2, 0.25) is 0 Å². The van der Waals surface area contributed by atoms with Crippen LogP contribution in [0, 0.1) is 0 Å². The average molecular weight is 278 g/mol. The molecule has 0 aromatic rings. The summed E-state index contributed by atoms with van der Waals surface area (Å²) in [6.07, 6.45) is 2.51. The Bertz CT molecular complexity index is 287. The zero-order chi connectivity index (χ0) is 14.2. The Morgan fingerprint density at radius 1 is 1.22 bits per heavy atom. The molecule has 0 saturated carbocycles. The fraction of sp³-hybridized carbons (Fsp3) is 0.846. The number of allylic oxidation sites excluding steroid dienone is 1. The van der Waals surface area contributed by atoms with Crippen molar-refractivity contribution in [2.24, 2.45) is 0 Å². The average Bonchev–Trinajstić information content (AvgIpc) is 2.26. The second-order valence-corrected chi connectivity index (χ2v) is 6.66. The van der Waals surface area contributed by atoms with E-state index in [1.165, 1.54) is 0 Å². The molecule has 5 heteroatoms. The first kappa shape index (κ1) is 17.8. The number of aliphatic hydroxyl groups excluding tert-OH is 1. The lowest BCUT2D eigenvalue weighted by molar-refractivity contribution is 0.142. The van der Waals surface area contributed by atoms with Crippen LogP contribution >= 0.6 is 7.60 Å². The maximum absolute atomic E-state index is 12.7. The van der Waals surface area contributed by atoms with E-state index in [1.807, 2.05) is 20.8 Å². The first-order valence-corrected chi connectivity index (χ1v) is 8.24. The number of hydrogen-bond acceptors (Lipinski definition) is 4. The van der Waals surface area contributed by atoms with E-state index < -0.39 is 19.4 Å². The maximum Gasteiger partial charge on any atom is 0.340 e. The second-order valence-electron chi connectivity index (χ2n) is 4.47. The van der Waals surface area contributed by atoms with Gasteiger partial charge in [0.15, 0.2) is 0 Å². The van der Waals surface area contributed by atoms with Crippen molar-refractivity contribution < 1.29 is 18.7 Å². The van der Waals surface area contributed by atoms with Gasteiger partial charge in [-0.05, 0) is 34.1 Å². The van der Waals surface area contributed by atoms with Crippen molar-refractivity contribution >= 4 is 7.60 Å². The fourth-order valence-electron chi connectivity index (χ4n) is 1.79. The molecule has 0 spiro atoms. The standard InChI is InChI=1S/C13H27O4P/c1-6-9-12(14)13(10-11(4)5)18(15,16-7-2)17-8-3/h10,12-14H,6-9H2,1-5H3/t12-,13-/m0/s1. The van der Waals surface area contributed by atoms with E-state index in [0.29, 0.717) is 19.6 Å². The lowest BCUT2D eigenvalue weighted by Crippen LogP contribution is -2.26. The van der Waals surface area contributed by atoms with Crippen LogP contribution in [-0.2, 0) is 13.6 Å². The van der Waals surface area contributed by atoms with E-state index in [1.54, 1.807) is 19.9 Å². The molecule has 0 unspecified atom stereocenters. The minimum Gasteiger partial charge on any atom is -0.392 e. The topological polar surface area (TPSA) is 55.8 Å². The molecule has 0 aliphatic carbocycles. The Morgan fingerprint density at radius 3 is 2.06 bits per heavy atom. The van der Waals surface area contributed by atoms with Gasteiger partial charge in [-0.2, -0.15) is 0 Å². The lowest BCUT2D eigenvalue weighted by Gasteiger charge is -2.28. The van der Waals surface area contributed by atoms with Gasteiger partial charge in [-0.15, -0.1) is 0 Å². The summed E-state index contributed by atoms with van der Waals surface area (Å²) in [7, 11) is -3.30. The first-order chi connectivity index (χ1) is 8.41. The van der Waals surface area contributed by atoms with Gasteiger partial charge in [-0.1, -0.05) is 25.0 Å². The van der Waals surface area contributed by atoms with Crippen molar-refractivity contribution in [3.63, 3.8) is 0 Å². The van der Waals surface area contributed by atoms with Crippen molar-refractivity contribution in [2.75, 3.05) is 13.2 Å². The molecule has 108 valence electrons. The summed E-state index contributed by atoms with van der Waals surface area (Å²) >= 11 is 0. The summed E-state index contributed by atoms with van der Waals surface area (Å²) < 4.78 is 23.4. The van der Waals surface area contributed by atoms with Gasteiger partial charge in [0.25, 0.3) is 0 Å². The molecule has 0 aliphatic rings. The van der Waals surface area contributed by atoms with E-state index in [0.717, 1.165) is 12.0 Å². The normalized spacial score (nSPS) is 15.2. The van der Waals surface area contributed by atoms with Crippen molar-refractivity contribution in [1.29, 1.82) is 0 Å². The highest BCUT2D eigenvalue weighted by atomic mass is 31.2. The van der Waals surface area contributed by atoms with Crippen LogP contribution in [0.4, 0.5) is 0 Å². The molecule has 0 bridgehead atoms. The number of aliphatic hydroxyl groups is 1. The van der Waals surface area contributed by atoms with Crippen LogP contribution in [0.25, 0.3) is 0 Å². The molecular weight excluding hydrogens is 251 g/mol. The highest BCUT2D eigenvalue weighted by Crippen LogP contribution is 2.55. The summed E-state index contributed by atoms with van der Waals surface area (Å²) in [6.45, 7) is 9.97. The van der Waals surface area contributed by atoms with Crippen molar-refractivity contribution in [2.45, 2.75) is 59.2 Å². The molecule has 0 aromatic heterocycles.